The second kappa shape index (κ2) is 6.49. The Morgan fingerprint density at radius 1 is 1.19 bits per heavy atom. The highest BCUT2D eigenvalue weighted by Crippen LogP contribution is 2.41. The van der Waals surface area contributed by atoms with Gasteiger partial charge in [-0.1, -0.05) is 23.7 Å². The fraction of sp³-hybridized carbons (Fsp3) is 0.300. The van der Waals surface area contributed by atoms with Gasteiger partial charge >= 0.3 is 0 Å². The third-order valence-corrected chi connectivity index (χ3v) is 5.44. The molecule has 1 saturated carbocycles. The van der Waals surface area contributed by atoms with Crippen molar-refractivity contribution in [2.45, 2.75) is 31.8 Å². The molecule has 2 fully saturated rings. The van der Waals surface area contributed by atoms with Crippen LogP contribution < -0.4 is 10.6 Å². The van der Waals surface area contributed by atoms with Crippen LogP contribution in [0.25, 0.3) is 11.1 Å². The second-order valence-electron chi connectivity index (χ2n) is 6.96. The fourth-order valence-corrected chi connectivity index (χ4v) is 3.75. The molecule has 26 heavy (non-hydrogen) atoms. The number of piperidine rings is 1. The smallest absolute Gasteiger partial charge is 0.241 e. The third kappa shape index (κ3) is 3.13. The molecule has 1 amide bonds. The predicted molar refractivity (Wildman–Crippen MR) is 98.9 cm³/mol. The molecule has 3 atom stereocenters. The molecule has 4 nitrogen and oxygen atoms in total. The summed E-state index contributed by atoms with van der Waals surface area (Å²) in [6.07, 6.45) is 1.92. The normalized spacial score (nSPS) is 23.4. The fourth-order valence-electron chi connectivity index (χ4n) is 3.53. The lowest BCUT2D eigenvalue weighted by Crippen LogP contribution is -2.38. The summed E-state index contributed by atoms with van der Waals surface area (Å²) in [5.74, 6) is -0.336. The van der Waals surface area contributed by atoms with Gasteiger partial charge < -0.3 is 10.6 Å². The average Bonchev–Trinajstić information content (AvgIpc) is 3.22. The number of Topliss-reactive ketones (excluding diaryl/α,β-unsaturated/α-hetero) is 1. The van der Waals surface area contributed by atoms with Crippen LogP contribution >= 0.6 is 11.6 Å². The summed E-state index contributed by atoms with van der Waals surface area (Å²) in [6.45, 7) is 1.44. The molecule has 2 aliphatic rings. The number of anilines is 1. The van der Waals surface area contributed by atoms with Crippen LogP contribution in [-0.4, -0.2) is 23.8 Å². The van der Waals surface area contributed by atoms with Gasteiger partial charge in [-0.25, -0.2) is 4.39 Å². The van der Waals surface area contributed by atoms with E-state index in [1.807, 2.05) is 0 Å². The maximum Gasteiger partial charge on any atom is 0.241 e. The Hall–Kier alpha value is -2.24. The molecule has 0 radical (unpaired) electrons. The maximum atomic E-state index is 15.0. The van der Waals surface area contributed by atoms with E-state index in [4.69, 9.17) is 11.6 Å². The Labute approximate surface area is 155 Å². The lowest BCUT2D eigenvalue weighted by molar-refractivity contribution is -0.118. The van der Waals surface area contributed by atoms with Crippen LogP contribution in [0, 0.1) is 11.7 Å². The van der Waals surface area contributed by atoms with Crippen molar-refractivity contribution in [1.29, 1.82) is 0 Å². The van der Waals surface area contributed by atoms with Gasteiger partial charge in [-0.2, -0.15) is 0 Å². The van der Waals surface area contributed by atoms with Gasteiger partial charge in [0.2, 0.25) is 5.91 Å². The summed E-state index contributed by atoms with van der Waals surface area (Å²) in [5, 5.41) is 6.27. The number of rotatable bonds is 4. The summed E-state index contributed by atoms with van der Waals surface area (Å²) in [6, 6.07) is 9.68. The Bertz CT molecular complexity index is 905. The molecule has 0 bridgehead atoms. The molecule has 1 saturated heterocycles. The summed E-state index contributed by atoms with van der Waals surface area (Å²) in [5.41, 5.74) is 1.23. The quantitative estimate of drug-likeness (QED) is 0.796. The van der Waals surface area contributed by atoms with Crippen LogP contribution in [0.3, 0.4) is 0 Å². The molecular formula is C20H18ClFN2O2. The standard InChI is InChI=1S/C20H18ClFN2O2/c1-10(25)11-5-6-15(21)14(7-11)13-3-2-4-16(19(13)22)24-20(26)18-9-12-8-17(12)23-18/h2-7,12,17-18,23H,8-9H2,1H3,(H,24,26)/t12-,17?,18+/m1/s1. The van der Waals surface area contributed by atoms with Gasteiger partial charge in [0.05, 0.1) is 11.7 Å². The Balaban J connectivity index is 1.62. The molecule has 2 aromatic carbocycles. The molecule has 1 unspecified atom stereocenters. The van der Waals surface area contributed by atoms with Crippen molar-refractivity contribution in [3.63, 3.8) is 0 Å². The highest BCUT2D eigenvalue weighted by atomic mass is 35.5. The summed E-state index contributed by atoms with van der Waals surface area (Å²) < 4.78 is 15.0. The first-order valence-electron chi connectivity index (χ1n) is 8.60. The highest BCUT2D eigenvalue weighted by molar-refractivity contribution is 6.33. The van der Waals surface area contributed by atoms with E-state index in [9.17, 15) is 9.59 Å². The number of benzene rings is 2. The molecule has 0 aromatic heterocycles. The number of hydrogen-bond donors (Lipinski definition) is 2. The highest BCUT2D eigenvalue weighted by Gasteiger charge is 2.47. The van der Waals surface area contributed by atoms with E-state index in [0.717, 1.165) is 12.8 Å². The van der Waals surface area contributed by atoms with Crippen LogP contribution in [0.2, 0.25) is 5.02 Å². The van der Waals surface area contributed by atoms with Crippen molar-refractivity contribution in [3.05, 3.63) is 52.8 Å². The molecule has 1 aliphatic heterocycles. The van der Waals surface area contributed by atoms with E-state index in [1.54, 1.807) is 30.3 Å². The zero-order chi connectivity index (χ0) is 18.4. The maximum absolute atomic E-state index is 15.0. The molecule has 1 heterocycles. The van der Waals surface area contributed by atoms with Gasteiger partial charge in [-0.05, 0) is 49.9 Å². The van der Waals surface area contributed by atoms with Crippen LogP contribution in [0.5, 0.6) is 0 Å². The first kappa shape index (κ1) is 17.2. The Morgan fingerprint density at radius 2 is 2.00 bits per heavy atom. The van der Waals surface area contributed by atoms with Crippen molar-refractivity contribution in [2.24, 2.45) is 5.92 Å². The average molecular weight is 373 g/mol. The third-order valence-electron chi connectivity index (χ3n) is 5.11. The van der Waals surface area contributed by atoms with Crippen LogP contribution in [0.4, 0.5) is 10.1 Å². The number of carbonyl (C=O) groups is 2. The van der Waals surface area contributed by atoms with E-state index in [-0.39, 0.29) is 29.0 Å². The SMILES string of the molecule is CC(=O)c1ccc(Cl)c(-c2cccc(NC(=O)[C@@H]3C[C@H]4CC4N3)c2F)c1. The van der Waals surface area contributed by atoms with Gasteiger partial charge in [-0.15, -0.1) is 0 Å². The minimum absolute atomic E-state index is 0.110. The number of ketones is 1. The molecule has 4 rings (SSSR count). The molecule has 134 valence electrons. The lowest BCUT2D eigenvalue weighted by atomic mass is 10.00. The zero-order valence-corrected chi connectivity index (χ0v) is 14.9. The largest absolute Gasteiger partial charge is 0.322 e. The topological polar surface area (TPSA) is 58.2 Å². The molecule has 2 aromatic rings. The predicted octanol–water partition coefficient (Wildman–Crippen LogP) is 4.04. The molecular weight excluding hydrogens is 355 g/mol. The number of carbonyl (C=O) groups excluding carboxylic acids is 2. The second-order valence-corrected chi connectivity index (χ2v) is 7.37. The van der Waals surface area contributed by atoms with Crippen LogP contribution in [-0.2, 0) is 4.79 Å². The van der Waals surface area contributed by atoms with Crippen molar-refractivity contribution < 1.29 is 14.0 Å². The van der Waals surface area contributed by atoms with Gasteiger partial charge in [0.25, 0.3) is 0 Å². The zero-order valence-electron chi connectivity index (χ0n) is 14.2. The Morgan fingerprint density at radius 3 is 2.69 bits per heavy atom. The monoisotopic (exact) mass is 372 g/mol. The van der Waals surface area contributed by atoms with Crippen molar-refractivity contribution >= 4 is 29.0 Å². The van der Waals surface area contributed by atoms with Gasteiger partial charge in [0, 0.05) is 27.8 Å². The summed E-state index contributed by atoms with van der Waals surface area (Å²) >= 11 is 6.21. The molecule has 2 N–H and O–H groups in total. The molecule has 6 heteroatoms. The minimum Gasteiger partial charge on any atom is -0.322 e. The van der Waals surface area contributed by atoms with Crippen molar-refractivity contribution in [2.75, 3.05) is 5.32 Å². The minimum atomic E-state index is -0.563. The van der Waals surface area contributed by atoms with Gasteiger partial charge in [0.1, 0.15) is 0 Å². The molecule has 0 spiro atoms. The number of halogens is 2. The molecule has 1 aliphatic carbocycles. The van der Waals surface area contributed by atoms with Crippen molar-refractivity contribution in [1.82, 2.24) is 5.32 Å². The van der Waals surface area contributed by atoms with Crippen LogP contribution in [0.15, 0.2) is 36.4 Å². The van der Waals surface area contributed by atoms with Crippen molar-refractivity contribution in [3.8, 4) is 11.1 Å². The first-order valence-corrected chi connectivity index (χ1v) is 8.98. The van der Waals surface area contributed by atoms with E-state index in [1.165, 1.54) is 13.0 Å². The van der Waals surface area contributed by atoms with E-state index >= 15 is 4.39 Å². The lowest BCUT2D eigenvalue weighted by Gasteiger charge is -2.15. The van der Waals surface area contributed by atoms with E-state index in [2.05, 4.69) is 10.6 Å². The number of amides is 1. The summed E-state index contributed by atoms with van der Waals surface area (Å²) in [7, 11) is 0. The number of nitrogens with one attached hydrogen (secondary N) is 2. The van der Waals surface area contributed by atoms with Crippen LogP contribution in [0.1, 0.15) is 30.1 Å². The summed E-state index contributed by atoms with van der Waals surface area (Å²) in [4.78, 5) is 24.0. The van der Waals surface area contributed by atoms with E-state index < -0.39 is 5.82 Å². The van der Waals surface area contributed by atoms with E-state index in [0.29, 0.717) is 28.1 Å². The Kier molecular flexibility index (Phi) is 4.29. The van der Waals surface area contributed by atoms with Gasteiger partial charge in [0.15, 0.2) is 11.6 Å². The van der Waals surface area contributed by atoms with Gasteiger partial charge in [-0.3, -0.25) is 9.59 Å². The number of fused-ring (bicyclic) bond motifs is 1. The first-order chi connectivity index (χ1) is 12.4. The number of hydrogen-bond acceptors (Lipinski definition) is 3.